The van der Waals surface area contributed by atoms with Gasteiger partial charge < -0.3 is 5.32 Å². The van der Waals surface area contributed by atoms with Crippen molar-refractivity contribution in [3.63, 3.8) is 0 Å². The fourth-order valence-corrected chi connectivity index (χ4v) is 2.43. The van der Waals surface area contributed by atoms with Crippen LogP contribution in [0, 0.1) is 10.1 Å². The summed E-state index contributed by atoms with van der Waals surface area (Å²) in [5.74, 6) is -0.750. The maximum absolute atomic E-state index is 12.4. The number of nitro groups is 1. The predicted molar refractivity (Wildman–Crippen MR) is 94.0 cm³/mol. The molecule has 0 unspecified atom stereocenters. The summed E-state index contributed by atoms with van der Waals surface area (Å²) in [7, 11) is 0. The molecule has 5 nitrogen and oxygen atoms in total. The molecule has 0 atom stereocenters. The zero-order valence-corrected chi connectivity index (χ0v) is 12.7. The summed E-state index contributed by atoms with van der Waals surface area (Å²) in [6.45, 7) is 0. The molecule has 0 aliphatic rings. The Bertz CT molecular complexity index is 928. The molecule has 0 radical (unpaired) electrons. The summed E-state index contributed by atoms with van der Waals surface area (Å²) in [4.78, 5) is 23.0. The van der Waals surface area contributed by atoms with E-state index in [-0.39, 0.29) is 0 Å². The molecule has 3 aromatic rings. The van der Waals surface area contributed by atoms with Gasteiger partial charge in [0.25, 0.3) is 0 Å². The van der Waals surface area contributed by atoms with E-state index < -0.39 is 16.5 Å². The monoisotopic (exact) mass is 318 g/mol. The first-order chi connectivity index (χ1) is 11.6. The van der Waals surface area contributed by atoms with Crippen molar-refractivity contribution in [3.8, 4) is 0 Å². The molecule has 1 N–H and O–H groups in total. The molecule has 0 aliphatic carbocycles. The van der Waals surface area contributed by atoms with Crippen LogP contribution in [0.2, 0.25) is 0 Å². The third-order valence-electron chi connectivity index (χ3n) is 3.57. The van der Waals surface area contributed by atoms with E-state index in [9.17, 15) is 14.9 Å². The van der Waals surface area contributed by atoms with E-state index in [1.807, 2.05) is 30.3 Å². The lowest BCUT2D eigenvalue weighted by molar-refractivity contribution is -0.416. The largest absolute Gasteiger partial charge is 0.334 e. The van der Waals surface area contributed by atoms with Gasteiger partial charge in [-0.3, -0.25) is 14.9 Å². The summed E-state index contributed by atoms with van der Waals surface area (Å²) < 4.78 is 0. The first-order valence-corrected chi connectivity index (χ1v) is 7.35. The number of carbonyl (C=O) groups is 1. The second-order valence-corrected chi connectivity index (χ2v) is 5.18. The molecular weight excluding hydrogens is 304 g/mol. The number of hydrogen-bond acceptors (Lipinski definition) is 3. The van der Waals surface area contributed by atoms with Crippen LogP contribution in [0.3, 0.4) is 0 Å². The standard InChI is InChI=1S/C19H14N2O3/c22-19(18(21(23)24)13-14-7-2-1-3-8-14)20-17-12-6-10-15-9-4-5-11-16(15)17/h1-13H,(H,20,22). The minimum atomic E-state index is -0.750. The number of fused-ring (bicyclic) bond motifs is 1. The van der Waals surface area contributed by atoms with Crippen molar-refractivity contribution in [2.45, 2.75) is 0 Å². The lowest BCUT2D eigenvalue weighted by Gasteiger charge is -2.07. The van der Waals surface area contributed by atoms with Crippen molar-refractivity contribution < 1.29 is 9.72 Å². The summed E-state index contributed by atoms with van der Waals surface area (Å²) >= 11 is 0. The smallest absolute Gasteiger partial charge is 0.316 e. The maximum atomic E-state index is 12.4. The highest BCUT2D eigenvalue weighted by molar-refractivity contribution is 6.09. The van der Waals surface area contributed by atoms with Crippen LogP contribution in [0.25, 0.3) is 16.8 Å². The predicted octanol–water partition coefficient (Wildman–Crippen LogP) is 4.10. The highest BCUT2D eigenvalue weighted by atomic mass is 16.6. The number of rotatable bonds is 4. The molecule has 0 heterocycles. The van der Waals surface area contributed by atoms with Crippen molar-refractivity contribution >= 4 is 28.4 Å². The van der Waals surface area contributed by atoms with Gasteiger partial charge in [-0.05, 0) is 17.0 Å². The van der Waals surface area contributed by atoms with Gasteiger partial charge in [0, 0.05) is 17.1 Å². The molecule has 0 aromatic heterocycles. The summed E-state index contributed by atoms with van der Waals surface area (Å²) in [6, 6.07) is 21.7. The number of benzene rings is 3. The third kappa shape index (κ3) is 3.30. The zero-order chi connectivity index (χ0) is 16.9. The van der Waals surface area contributed by atoms with E-state index >= 15 is 0 Å². The average molecular weight is 318 g/mol. The highest BCUT2D eigenvalue weighted by Gasteiger charge is 2.22. The van der Waals surface area contributed by atoms with E-state index in [0.29, 0.717) is 11.3 Å². The molecule has 0 fully saturated rings. The van der Waals surface area contributed by atoms with Gasteiger partial charge in [0.2, 0.25) is 0 Å². The molecule has 0 aliphatic heterocycles. The van der Waals surface area contributed by atoms with E-state index in [1.54, 1.807) is 42.5 Å². The van der Waals surface area contributed by atoms with Crippen LogP contribution >= 0.6 is 0 Å². The Morgan fingerprint density at radius 1 is 0.917 bits per heavy atom. The van der Waals surface area contributed by atoms with Gasteiger partial charge >= 0.3 is 11.6 Å². The topological polar surface area (TPSA) is 72.2 Å². The van der Waals surface area contributed by atoms with Crippen LogP contribution in [-0.2, 0) is 4.79 Å². The molecule has 0 saturated heterocycles. The average Bonchev–Trinajstić information content (AvgIpc) is 2.60. The molecule has 24 heavy (non-hydrogen) atoms. The van der Waals surface area contributed by atoms with Crippen LogP contribution in [0.4, 0.5) is 5.69 Å². The Hall–Kier alpha value is -3.47. The van der Waals surface area contributed by atoms with Gasteiger partial charge in [-0.15, -0.1) is 0 Å². The number of carbonyl (C=O) groups excluding carboxylic acids is 1. The van der Waals surface area contributed by atoms with Crippen molar-refractivity contribution in [1.82, 2.24) is 0 Å². The second-order valence-electron chi connectivity index (χ2n) is 5.18. The highest BCUT2D eigenvalue weighted by Crippen LogP contribution is 2.23. The SMILES string of the molecule is O=C(Nc1cccc2ccccc12)C(=Cc1ccccc1)[N+](=O)[O-]. The Morgan fingerprint density at radius 3 is 2.33 bits per heavy atom. The number of anilines is 1. The van der Waals surface area contributed by atoms with Crippen LogP contribution in [0.15, 0.2) is 78.5 Å². The molecule has 3 aromatic carbocycles. The van der Waals surface area contributed by atoms with Crippen molar-refractivity contribution in [2.75, 3.05) is 5.32 Å². The second kappa shape index (κ2) is 6.75. The fourth-order valence-electron chi connectivity index (χ4n) is 2.43. The minimum absolute atomic E-state index is 0.505. The van der Waals surface area contributed by atoms with Crippen molar-refractivity contribution in [3.05, 3.63) is 94.2 Å². The molecule has 3 rings (SSSR count). The fraction of sp³-hybridized carbons (Fsp3) is 0. The maximum Gasteiger partial charge on any atom is 0.334 e. The normalized spacial score (nSPS) is 11.2. The molecule has 0 bridgehead atoms. The minimum Gasteiger partial charge on any atom is -0.316 e. The third-order valence-corrected chi connectivity index (χ3v) is 3.57. The Balaban J connectivity index is 1.94. The number of amides is 1. The quantitative estimate of drug-likeness (QED) is 0.447. The molecule has 1 amide bonds. The van der Waals surface area contributed by atoms with Gasteiger partial charge in [0.05, 0.1) is 4.92 Å². The summed E-state index contributed by atoms with van der Waals surface area (Å²) in [6.07, 6.45) is 1.26. The molecule has 0 spiro atoms. The molecule has 118 valence electrons. The van der Waals surface area contributed by atoms with Crippen LogP contribution in [0.1, 0.15) is 5.56 Å². The van der Waals surface area contributed by atoms with Gasteiger partial charge in [-0.2, -0.15) is 0 Å². The first kappa shape index (κ1) is 15.4. The molecule has 0 saturated carbocycles. The number of nitrogens with zero attached hydrogens (tertiary/aromatic N) is 1. The number of hydrogen-bond donors (Lipinski definition) is 1. The van der Waals surface area contributed by atoms with Gasteiger partial charge in [0.1, 0.15) is 0 Å². The van der Waals surface area contributed by atoms with Gasteiger partial charge in [0.15, 0.2) is 0 Å². The molecule has 5 heteroatoms. The van der Waals surface area contributed by atoms with Gasteiger partial charge in [-0.1, -0.05) is 66.7 Å². The lowest BCUT2D eigenvalue weighted by atomic mass is 10.1. The van der Waals surface area contributed by atoms with Crippen LogP contribution < -0.4 is 5.32 Å². The van der Waals surface area contributed by atoms with E-state index in [1.165, 1.54) is 6.08 Å². The number of nitrogens with one attached hydrogen (secondary N) is 1. The summed E-state index contributed by atoms with van der Waals surface area (Å²) in [5, 5.41) is 15.7. The zero-order valence-electron chi connectivity index (χ0n) is 12.7. The van der Waals surface area contributed by atoms with E-state index in [0.717, 1.165) is 10.8 Å². The van der Waals surface area contributed by atoms with Gasteiger partial charge in [-0.25, -0.2) is 0 Å². The van der Waals surface area contributed by atoms with E-state index in [2.05, 4.69) is 5.32 Å². The van der Waals surface area contributed by atoms with Crippen LogP contribution in [0.5, 0.6) is 0 Å². The summed E-state index contributed by atoms with van der Waals surface area (Å²) in [5.41, 5.74) is 0.630. The Labute approximate surface area is 138 Å². The van der Waals surface area contributed by atoms with Crippen molar-refractivity contribution in [1.29, 1.82) is 0 Å². The Morgan fingerprint density at radius 2 is 1.58 bits per heavy atom. The first-order valence-electron chi connectivity index (χ1n) is 7.35. The van der Waals surface area contributed by atoms with Crippen LogP contribution in [-0.4, -0.2) is 10.8 Å². The van der Waals surface area contributed by atoms with E-state index in [4.69, 9.17) is 0 Å². The van der Waals surface area contributed by atoms with Crippen molar-refractivity contribution in [2.24, 2.45) is 0 Å². The molecular formula is C19H14N2O3. The lowest BCUT2D eigenvalue weighted by Crippen LogP contribution is -2.19. The Kier molecular flexibility index (Phi) is 4.34.